The zero-order valence-electron chi connectivity index (χ0n) is 27.0. The van der Waals surface area contributed by atoms with Crippen molar-refractivity contribution in [1.82, 2.24) is 20.2 Å². The minimum atomic E-state index is -2.51. The standard InChI is InChI=1S/C38H37ClF3N5O2/c1-2-22-4-3-5-23-14-26(48)15-27(30(22)23)31-29(39)16-28-33(32(31)40)44-35(45-34(28)47-17-24-6-7-25(18-47)43-24)49-21-36(8-9-36)20-46-12-10-37(11-13-46)19-38(37,41)42/h1,3-5,14-16,24-25,43,48H,6-13,17-21H2. The first kappa shape index (κ1) is 31.2. The number of phenolic OH excluding ortho intramolecular Hbond substituents is 1. The third-order valence-electron chi connectivity index (χ3n) is 11.8. The normalized spacial score (nSPS) is 24.8. The number of alkyl halides is 2. The molecule has 5 aliphatic rings. The first-order valence-corrected chi connectivity index (χ1v) is 17.6. The number of terminal acetylenes is 1. The van der Waals surface area contributed by atoms with Crippen molar-refractivity contribution in [3.05, 3.63) is 52.8 Å². The molecule has 9 rings (SSSR count). The lowest BCUT2D eigenvalue weighted by molar-refractivity contribution is 0.0252. The van der Waals surface area contributed by atoms with E-state index in [4.69, 9.17) is 27.7 Å². The fraction of sp³-hybridized carbons (Fsp3) is 0.474. The van der Waals surface area contributed by atoms with Crippen LogP contribution in [0.25, 0.3) is 32.8 Å². The number of anilines is 1. The summed E-state index contributed by atoms with van der Waals surface area (Å²) in [4.78, 5) is 14.0. The molecule has 2 saturated carbocycles. The Labute approximate surface area is 287 Å². The van der Waals surface area contributed by atoms with Crippen molar-refractivity contribution >= 4 is 39.1 Å². The van der Waals surface area contributed by atoms with Gasteiger partial charge in [-0.1, -0.05) is 29.7 Å². The summed E-state index contributed by atoms with van der Waals surface area (Å²) in [6.07, 6.45) is 11.0. The van der Waals surface area contributed by atoms with E-state index in [9.17, 15) is 13.9 Å². The Balaban J connectivity index is 1.08. The molecule has 3 saturated heterocycles. The summed E-state index contributed by atoms with van der Waals surface area (Å²) in [6, 6.07) is 10.9. The van der Waals surface area contributed by atoms with Crippen LogP contribution in [0.5, 0.6) is 11.8 Å². The van der Waals surface area contributed by atoms with Crippen molar-refractivity contribution in [2.45, 2.75) is 63.0 Å². The number of aromatic nitrogens is 2. The molecule has 2 unspecified atom stereocenters. The van der Waals surface area contributed by atoms with E-state index in [0.29, 0.717) is 90.8 Å². The lowest BCUT2D eigenvalue weighted by Crippen LogP contribution is -2.51. The highest BCUT2D eigenvalue weighted by atomic mass is 35.5. The van der Waals surface area contributed by atoms with Crippen LogP contribution in [0.3, 0.4) is 0 Å². The number of rotatable bonds is 7. The Morgan fingerprint density at radius 2 is 1.80 bits per heavy atom. The number of piperazine rings is 1. The van der Waals surface area contributed by atoms with Crippen LogP contribution in [0.15, 0.2) is 36.4 Å². The summed E-state index contributed by atoms with van der Waals surface area (Å²) in [7, 11) is 0. The number of benzene rings is 3. The van der Waals surface area contributed by atoms with Gasteiger partial charge in [0, 0.05) is 70.9 Å². The molecular formula is C38H37ClF3N5O2. The van der Waals surface area contributed by atoms with Gasteiger partial charge in [-0.25, -0.2) is 13.2 Å². The fourth-order valence-corrected chi connectivity index (χ4v) is 8.99. The average Bonchev–Trinajstić information content (AvgIpc) is 3.92. The first-order valence-electron chi connectivity index (χ1n) is 17.2. The van der Waals surface area contributed by atoms with Gasteiger partial charge >= 0.3 is 6.01 Å². The summed E-state index contributed by atoms with van der Waals surface area (Å²) in [5.74, 6) is 0.0667. The van der Waals surface area contributed by atoms with Gasteiger partial charge in [0.25, 0.3) is 5.92 Å². The van der Waals surface area contributed by atoms with E-state index in [-0.39, 0.29) is 39.7 Å². The molecule has 2 N–H and O–H groups in total. The molecule has 0 amide bonds. The second kappa shape index (κ2) is 11.1. The number of fused-ring (bicyclic) bond motifs is 4. The SMILES string of the molecule is C#Cc1cccc2cc(O)cc(-c3c(Cl)cc4c(N5CC6CCC(C5)N6)nc(OCC5(CN6CCC7(CC6)CC7(F)F)CC5)nc4c3F)c12. The number of likely N-dealkylation sites (tertiary alicyclic amines) is 1. The highest BCUT2D eigenvalue weighted by Crippen LogP contribution is 2.66. The predicted molar refractivity (Wildman–Crippen MR) is 184 cm³/mol. The second-order valence-corrected chi connectivity index (χ2v) is 15.5. The fourth-order valence-electron chi connectivity index (χ4n) is 8.69. The molecule has 7 nitrogen and oxygen atoms in total. The van der Waals surface area contributed by atoms with Crippen molar-refractivity contribution in [3.63, 3.8) is 0 Å². The first-order chi connectivity index (χ1) is 23.6. The van der Waals surface area contributed by atoms with E-state index >= 15 is 4.39 Å². The van der Waals surface area contributed by atoms with Crippen LogP contribution in [-0.4, -0.2) is 77.3 Å². The molecule has 3 aliphatic heterocycles. The Kier molecular flexibility index (Phi) is 7.08. The van der Waals surface area contributed by atoms with Gasteiger partial charge in [-0.3, -0.25) is 0 Å². The van der Waals surface area contributed by atoms with Gasteiger partial charge in [0.1, 0.15) is 17.1 Å². The smallest absolute Gasteiger partial charge is 0.319 e. The van der Waals surface area contributed by atoms with Crippen LogP contribution < -0.4 is 15.0 Å². The highest BCUT2D eigenvalue weighted by Gasteiger charge is 2.70. The second-order valence-electron chi connectivity index (χ2n) is 15.1. The molecule has 2 aliphatic carbocycles. The Hall–Kier alpha value is -3.78. The monoisotopic (exact) mass is 687 g/mol. The van der Waals surface area contributed by atoms with E-state index < -0.39 is 17.2 Å². The molecule has 49 heavy (non-hydrogen) atoms. The topological polar surface area (TPSA) is 73.8 Å². The molecule has 3 aromatic carbocycles. The van der Waals surface area contributed by atoms with Gasteiger partial charge in [-0.15, -0.1) is 6.42 Å². The van der Waals surface area contributed by atoms with Crippen molar-refractivity contribution in [2.24, 2.45) is 10.8 Å². The third kappa shape index (κ3) is 5.28. The summed E-state index contributed by atoms with van der Waals surface area (Å²) in [5, 5.41) is 16.2. The summed E-state index contributed by atoms with van der Waals surface area (Å²) in [6.45, 7) is 3.88. The molecule has 2 bridgehead atoms. The maximum absolute atomic E-state index is 17.1. The number of phenols is 1. The van der Waals surface area contributed by atoms with Gasteiger partial charge in [-0.05, 0) is 86.8 Å². The van der Waals surface area contributed by atoms with E-state index in [1.165, 1.54) is 6.07 Å². The van der Waals surface area contributed by atoms with Crippen LogP contribution in [0, 0.1) is 29.0 Å². The molecule has 0 radical (unpaired) electrons. The number of piperidine rings is 1. The number of nitrogens with zero attached hydrogens (tertiary/aromatic N) is 4. The number of nitrogens with one attached hydrogen (secondary N) is 1. The Morgan fingerprint density at radius 3 is 2.47 bits per heavy atom. The summed E-state index contributed by atoms with van der Waals surface area (Å²) in [5.41, 5.74) is 0.206. The van der Waals surface area contributed by atoms with Gasteiger partial charge < -0.3 is 25.0 Å². The van der Waals surface area contributed by atoms with Crippen LogP contribution in [-0.2, 0) is 0 Å². The molecule has 254 valence electrons. The zero-order valence-corrected chi connectivity index (χ0v) is 27.8. The van der Waals surface area contributed by atoms with Gasteiger partial charge in [0.2, 0.25) is 0 Å². The van der Waals surface area contributed by atoms with Gasteiger partial charge in [0.15, 0.2) is 5.82 Å². The minimum absolute atomic E-state index is 0.0223. The number of halogens is 4. The molecule has 11 heteroatoms. The van der Waals surface area contributed by atoms with E-state index in [2.05, 4.69) is 26.0 Å². The summed E-state index contributed by atoms with van der Waals surface area (Å²) < 4.78 is 51.3. The van der Waals surface area contributed by atoms with Crippen molar-refractivity contribution in [3.8, 4) is 35.2 Å². The average molecular weight is 688 g/mol. The van der Waals surface area contributed by atoms with Gasteiger partial charge in [-0.2, -0.15) is 9.97 Å². The number of aromatic hydroxyl groups is 1. The number of ether oxygens (including phenoxy) is 1. The van der Waals surface area contributed by atoms with E-state index in [1.807, 2.05) is 6.07 Å². The maximum Gasteiger partial charge on any atom is 0.319 e. The third-order valence-corrected chi connectivity index (χ3v) is 12.1. The summed E-state index contributed by atoms with van der Waals surface area (Å²) >= 11 is 6.93. The van der Waals surface area contributed by atoms with Crippen molar-refractivity contribution in [1.29, 1.82) is 0 Å². The maximum atomic E-state index is 17.1. The van der Waals surface area contributed by atoms with Gasteiger partial charge in [0.05, 0.1) is 11.6 Å². The van der Waals surface area contributed by atoms with Crippen molar-refractivity contribution in [2.75, 3.05) is 44.2 Å². The quantitative estimate of drug-likeness (QED) is 0.200. The molecule has 4 heterocycles. The molecule has 5 fully saturated rings. The zero-order chi connectivity index (χ0) is 33.7. The van der Waals surface area contributed by atoms with Crippen molar-refractivity contribution < 1.29 is 23.0 Å². The Bertz CT molecular complexity index is 2040. The minimum Gasteiger partial charge on any atom is -0.508 e. The van der Waals surface area contributed by atoms with Crippen LogP contribution in [0.4, 0.5) is 19.0 Å². The number of hydrogen-bond acceptors (Lipinski definition) is 7. The highest BCUT2D eigenvalue weighted by molar-refractivity contribution is 6.35. The van der Waals surface area contributed by atoms with Crippen LogP contribution >= 0.6 is 11.6 Å². The van der Waals surface area contributed by atoms with Crippen LogP contribution in [0.2, 0.25) is 5.02 Å². The van der Waals surface area contributed by atoms with Crippen LogP contribution in [0.1, 0.15) is 50.5 Å². The molecule has 1 spiro atoms. The largest absolute Gasteiger partial charge is 0.508 e. The Morgan fingerprint density at radius 1 is 1.06 bits per heavy atom. The molecule has 2 atom stereocenters. The lowest BCUT2D eigenvalue weighted by Gasteiger charge is -2.35. The number of hydrogen-bond donors (Lipinski definition) is 2. The molecular weight excluding hydrogens is 651 g/mol. The lowest BCUT2D eigenvalue weighted by atomic mass is 9.92. The molecule has 1 aromatic heterocycles. The van der Waals surface area contributed by atoms with E-state index in [0.717, 1.165) is 32.2 Å². The molecule has 4 aromatic rings. The van der Waals surface area contributed by atoms with E-state index in [1.54, 1.807) is 24.3 Å². The predicted octanol–water partition coefficient (Wildman–Crippen LogP) is 7.15.